The molecule has 0 fully saturated rings. The lowest BCUT2D eigenvalue weighted by molar-refractivity contribution is 0.0464. The second-order valence-corrected chi connectivity index (χ2v) is 6.21. The van der Waals surface area contributed by atoms with Crippen molar-refractivity contribution in [3.8, 4) is 22.1 Å². The highest BCUT2D eigenvalue weighted by atomic mass is 32.1. The average molecular weight is 369 g/mol. The Labute approximate surface area is 156 Å². The van der Waals surface area contributed by atoms with Gasteiger partial charge in [-0.3, -0.25) is 0 Å². The third kappa shape index (κ3) is 4.03. The highest BCUT2D eigenvalue weighted by Crippen LogP contribution is 2.32. The Kier molecular flexibility index (Phi) is 5.86. The average Bonchev–Trinajstić information content (AvgIpc) is 3.15. The number of para-hydroxylation sites is 2. The van der Waals surface area contributed by atoms with Crippen LogP contribution in [0, 0.1) is 0 Å². The van der Waals surface area contributed by atoms with Crippen molar-refractivity contribution in [2.75, 3.05) is 13.7 Å². The van der Waals surface area contributed by atoms with E-state index in [4.69, 9.17) is 14.2 Å². The van der Waals surface area contributed by atoms with Crippen molar-refractivity contribution < 1.29 is 19.0 Å². The number of benzene rings is 2. The fraction of sp³-hybridized carbons (Fsp3) is 0.200. The molecular formula is C20H19NO4S. The van der Waals surface area contributed by atoms with E-state index in [1.165, 1.54) is 11.3 Å². The molecule has 0 unspecified atom stereocenters. The highest BCUT2D eigenvalue weighted by molar-refractivity contribution is 7.13. The first kappa shape index (κ1) is 17.9. The van der Waals surface area contributed by atoms with Crippen LogP contribution in [0.25, 0.3) is 10.6 Å². The summed E-state index contributed by atoms with van der Waals surface area (Å²) in [5, 5.41) is 2.70. The maximum absolute atomic E-state index is 12.3. The monoisotopic (exact) mass is 369 g/mol. The molecular weight excluding hydrogens is 350 g/mol. The van der Waals surface area contributed by atoms with Crippen molar-refractivity contribution in [1.82, 2.24) is 4.98 Å². The van der Waals surface area contributed by atoms with Crippen LogP contribution in [0.4, 0.5) is 0 Å². The summed E-state index contributed by atoms with van der Waals surface area (Å²) in [6.07, 6.45) is 0. The van der Waals surface area contributed by atoms with Crippen LogP contribution in [0.3, 0.4) is 0 Å². The van der Waals surface area contributed by atoms with Crippen molar-refractivity contribution in [3.63, 3.8) is 0 Å². The van der Waals surface area contributed by atoms with E-state index in [2.05, 4.69) is 4.98 Å². The van der Waals surface area contributed by atoms with Crippen molar-refractivity contribution in [1.29, 1.82) is 0 Å². The molecule has 0 bridgehead atoms. The van der Waals surface area contributed by atoms with Gasteiger partial charge < -0.3 is 14.2 Å². The highest BCUT2D eigenvalue weighted by Gasteiger charge is 2.15. The molecule has 1 heterocycles. The minimum Gasteiger partial charge on any atom is -0.496 e. The Morgan fingerprint density at radius 3 is 2.58 bits per heavy atom. The van der Waals surface area contributed by atoms with Crippen molar-refractivity contribution in [2.45, 2.75) is 13.5 Å². The smallest absolute Gasteiger partial charge is 0.342 e. The fourth-order valence-corrected chi connectivity index (χ4v) is 3.29. The van der Waals surface area contributed by atoms with Crippen LogP contribution < -0.4 is 9.47 Å². The summed E-state index contributed by atoms with van der Waals surface area (Å²) >= 11 is 1.48. The molecule has 1 aromatic heterocycles. The first-order chi connectivity index (χ1) is 12.7. The number of ether oxygens (including phenoxy) is 3. The van der Waals surface area contributed by atoms with Gasteiger partial charge in [0, 0.05) is 5.38 Å². The van der Waals surface area contributed by atoms with Crippen LogP contribution in [0.2, 0.25) is 0 Å². The van der Waals surface area contributed by atoms with E-state index in [-0.39, 0.29) is 6.61 Å². The van der Waals surface area contributed by atoms with E-state index in [0.717, 1.165) is 16.3 Å². The van der Waals surface area contributed by atoms with Crippen LogP contribution in [-0.2, 0) is 11.3 Å². The Balaban J connectivity index is 1.70. The quantitative estimate of drug-likeness (QED) is 0.571. The van der Waals surface area contributed by atoms with Crippen LogP contribution in [0.5, 0.6) is 11.5 Å². The number of hydrogen-bond acceptors (Lipinski definition) is 6. The lowest BCUT2D eigenvalue weighted by Gasteiger charge is -2.09. The summed E-state index contributed by atoms with van der Waals surface area (Å²) in [6, 6.07) is 14.7. The van der Waals surface area contributed by atoms with E-state index in [9.17, 15) is 4.79 Å². The zero-order chi connectivity index (χ0) is 18.4. The van der Waals surface area contributed by atoms with Gasteiger partial charge in [0.25, 0.3) is 0 Å². The molecule has 0 radical (unpaired) electrons. The topological polar surface area (TPSA) is 57.7 Å². The summed E-state index contributed by atoms with van der Waals surface area (Å²) in [7, 11) is 1.63. The fourth-order valence-electron chi connectivity index (χ4n) is 2.45. The Morgan fingerprint density at radius 2 is 1.81 bits per heavy atom. The number of esters is 1. The molecule has 0 aliphatic rings. The summed E-state index contributed by atoms with van der Waals surface area (Å²) in [6.45, 7) is 2.46. The summed E-state index contributed by atoms with van der Waals surface area (Å²) in [5.74, 6) is 0.852. The van der Waals surface area contributed by atoms with E-state index in [0.29, 0.717) is 23.6 Å². The molecule has 3 aromatic rings. The van der Waals surface area contributed by atoms with Gasteiger partial charge in [0.2, 0.25) is 0 Å². The van der Waals surface area contributed by atoms with Gasteiger partial charge in [-0.15, -0.1) is 11.3 Å². The second-order valence-electron chi connectivity index (χ2n) is 5.35. The molecule has 0 aliphatic carbocycles. The van der Waals surface area contributed by atoms with Gasteiger partial charge in [-0.05, 0) is 31.2 Å². The number of hydrogen-bond donors (Lipinski definition) is 0. The van der Waals surface area contributed by atoms with Crippen molar-refractivity contribution in [3.05, 3.63) is 65.2 Å². The van der Waals surface area contributed by atoms with Crippen LogP contribution in [0.15, 0.2) is 53.9 Å². The molecule has 6 heteroatoms. The lowest BCUT2D eigenvalue weighted by atomic mass is 10.2. The molecule has 5 nitrogen and oxygen atoms in total. The third-order valence-electron chi connectivity index (χ3n) is 3.65. The van der Waals surface area contributed by atoms with Gasteiger partial charge >= 0.3 is 5.97 Å². The summed E-state index contributed by atoms with van der Waals surface area (Å²) in [5.41, 5.74) is 2.02. The van der Waals surface area contributed by atoms with Gasteiger partial charge in [0.15, 0.2) is 0 Å². The molecule has 0 atom stereocenters. The molecule has 3 rings (SSSR count). The molecule has 0 saturated carbocycles. The van der Waals surface area contributed by atoms with Gasteiger partial charge in [-0.1, -0.05) is 24.3 Å². The van der Waals surface area contributed by atoms with E-state index in [1.54, 1.807) is 25.3 Å². The van der Waals surface area contributed by atoms with E-state index >= 15 is 0 Å². The van der Waals surface area contributed by atoms with Crippen LogP contribution >= 0.6 is 11.3 Å². The number of carbonyl (C=O) groups excluding carboxylic acids is 1. The van der Waals surface area contributed by atoms with Crippen LogP contribution in [0.1, 0.15) is 23.0 Å². The lowest BCUT2D eigenvalue weighted by Crippen LogP contribution is -2.08. The molecule has 134 valence electrons. The van der Waals surface area contributed by atoms with Crippen molar-refractivity contribution >= 4 is 17.3 Å². The third-order valence-corrected chi connectivity index (χ3v) is 4.57. The number of thiazole rings is 1. The molecule has 0 N–H and O–H groups in total. The Morgan fingerprint density at radius 1 is 1.08 bits per heavy atom. The van der Waals surface area contributed by atoms with Gasteiger partial charge in [0.1, 0.15) is 28.7 Å². The maximum atomic E-state index is 12.3. The molecule has 0 spiro atoms. The molecule has 2 aromatic carbocycles. The molecule has 0 saturated heterocycles. The Hall–Kier alpha value is -2.86. The van der Waals surface area contributed by atoms with E-state index < -0.39 is 5.97 Å². The first-order valence-electron chi connectivity index (χ1n) is 8.19. The van der Waals surface area contributed by atoms with Crippen LogP contribution in [-0.4, -0.2) is 24.7 Å². The van der Waals surface area contributed by atoms with E-state index in [1.807, 2.05) is 42.6 Å². The van der Waals surface area contributed by atoms with Gasteiger partial charge in [-0.25, -0.2) is 9.78 Å². The first-order valence-corrected chi connectivity index (χ1v) is 9.07. The maximum Gasteiger partial charge on any atom is 0.342 e. The molecule has 26 heavy (non-hydrogen) atoms. The van der Waals surface area contributed by atoms with Gasteiger partial charge in [-0.2, -0.15) is 0 Å². The normalized spacial score (nSPS) is 10.4. The summed E-state index contributed by atoms with van der Waals surface area (Å²) in [4.78, 5) is 16.9. The molecule has 0 amide bonds. The number of rotatable bonds is 7. The van der Waals surface area contributed by atoms with Gasteiger partial charge in [0.05, 0.1) is 25.0 Å². The SMILES string of the molecule is CCOc1ccccc1C(=O)OCc1csc(-c2ccccc2OC)n1. The zero-order valence-corrected chi connectivity index (χ0v) is 15.4. The Bertz CT molecular complexity index is 891. The number of methoxy groups -OCH3 is 1. The molecule has 0 aliphatic heterocycles. The number of nitrogens with zero attached hydrogens (tertiary/aromatic N) is 1. The largest absolute Gasteiger partial charge is 0.496 e. The zero-order valence-electron chi connectivity index (χ0n) is 14.6. The minimum atomic E-state index is -0.430. The summed E-state index contributed by atoms with van der Waals surface area (Å²) < 4.78 is 16.2. The standard InChI is InChI=1S/C20H19NO4S/c1-3-24-18-11-7-5-9-16(18)20(22)25-12-14-13-26-19(21-14)15-8-4-6-10-17(15)23-2/h4-11,13H,3,12H2,1-2H3. The predicted molar refractivity (Wildman–Crippen MR) is 101 cm³/mol. The second kappa shape index (κ2) is 8.49. The van der Waals surface area contributed by atoms with Crippen molar-refractivity contribution in [2.24, 2.45) is 0 Å². The minimum absolute atomic E-state index is 0.102. The predicted octanol–water partition coefficient (Wildman–Crippen LogP) is 4.57. The number of aromatic nitrogens is 1. The number of carbonyl (C=O) groups is 1.